The van der Waals surface area contributed by atoms with Crippen LogP contribution in [0, 0.1) is 17.5 Å². The van der Waals surface area contributed by atoms with Gasteiger partial charge in [-0.2, -0.15) is 11.8 Å². The van der Waals surface area contributed by atoms with Gasteiger partial charge >= 0.3 is 0 Å². The van der Waals surface area contributed by atoms with Gasteiger partial charge in [-0.05, 0) is 79.4 Å². The second-order valence-corrected chi connectivity index (χ2v) is 12.7. The molecule has 0 radical (unpaired) electrons. The normalized spacial score (nSPS) is 14.7. The molecule has 208 valence electrons. The maximum atomic E-state index is 15.0. The minimum atomic E-state index is -4.42. The minimum Gasteiger partial charge on any atom is -0.341 e. The molecule has 5 nitrogen and oxygen atoms in total. The van der Waals surface area contributed by atoms with Crippen LogP contribution in [0.1, 0.15) is 36.9 Å². The number of carbonyl (C=O) groups excluding carboxylic acids is 1. The number of sulfonamides is 1. The molecule has 1 saturated heterocycles. The Morgan fingerprint density at radius 1 is 1.00 bits per heavy atom. The van der Waals surface area contributed by atoms with E-state index in [9.17, 15) is 22.0 Å². The van der Waals surface area contributed by atoms with Gasteiger partial charge in [-0.25, -0.2) is 21.6 Å². The van der Waals surface area contributed by atoms with Gasteiger partial charge in [-0.1, -0.05) is 17.7 Å². The third kappa shape index (κ3) is 6.91. The van der Waals surface area contributed by atoms with Gasteiger partial charge in [-0.3, -0.25) is 9.10 Å². The molecule has 1 atom stereocenters. The molecule has 0 saturated carbocycles. The van der Waals surface area contributed by atoms with E-state index in [1.807, 2.05) is 4.90 Å². The van der Waals surface area contributed by atoms with Gasteiger partial charge < -0.3 is 4.90 Å². The SMILES string of the molecule is C[C@H](c1ccc(F)cc1CCCC(=O)N1CCSCC1)N(c1cc(F)ccc1F)S(=O)(=O)c1ccc(Cl)cc1. The van der Waals surface area contributed by atoms with Crippen LogP contribution in [0.4, 0.5) is 18.9 Å². The van der Waals surface area contributed by atoms with Crippen LogP contribution in [0.3, 0.4) is 0 Å². The summed E-state index contributed by atoms with van der Waals surface area (Å²) >= 11 is 7.74. The van der Waals surface area contributed by atoms with Gasteiger partial charge in [-0.15, -0.1) is 0 Å². The van der Waals surface area contributed by atoms with Gasteiger partial charge in [0.2, 0.25) is 5.91 Å². The third-order valence-corrected chi connectivity index (χ3v) is 9.72. The lowest BCUT2D eigenvalue weighted by atomic mass is 9.96. The molecular weight excluding hydrogens is 569 g/mol. The fourth-order valence-corrected chi connectivity index (χ4v) is 7.31. The lowest BCUT2D eigenvalue weighted by Crippen LogP contribution is -2.37. The first kappa shape index (κ1) is 29.3. The van der Waals surface area contributed by atoms with Gasteiger partial charge in [0.05, 0.1) is 16.6 Å². The van der Waals surface area contributed by atoms with Crippen LogP contribution in [0.2, 0.25) is 5.02 Å². The second kappa shape index (κ2) is 12.7. The van der Waals surface area contributed by atoms with Gasteiger partial charge in [0.1, 0.15) is 17.5 Å². The molecule has 1 heterocycles. The fourth-order valence-electron chi connectivity index (χ4n) is 4.65. The first-order valence-electron chi connectivity index (χ1n) is 12.5. The molecule has 1 amide bonds. The van der Waals surface area contributed by atoms with E-state index in [4.69, 9.17) is 11.6 Å². The zero-order chi connectivity index (χ0) is 28.2. The first-order valence-corrected chi connectivity index (χ1v) is 15.4. The molecule has 39 heavy (non-hydrogen) atoms. The molecule has 0 spiro atoms. The topological polar surface area (TPSA) is 57.7 Å². The maximum Gasteiger partial charge on any atom is 0.264 e. The number of carbonyl (C=O) groups is 1. The Labute approximate surface area is 236 Å². The molecule has 1 fully saturated rings. The monoisotopic (exact) mass is 596 g/mol. The first-order chi connectivity index (χ1) is 18.6. The van der Waals surface area contributed by atoms with Gasteiger partial charge in [0, 0.05) is 42.1 Å². The number of aryl methyl sites for hydroxylation is 1. The van der Waals surface area contributed by atoms with Gasteiger partial charge in [0.15, 0.2) is 0 Å². The van der Waals surface area contributed by atoms with Crippen molar-refractivity contribution in [3.8, 4) is 0 Å². The summed E-state index contributed by atoms with van der Waals surface area (Å²) in [7, 11) is -4.42. The van der Waals surface area contributed by atoms with Crippen LogP contribution >= 0.6 is 23.4 Å². The summed E-state index contributed by atoms with van der Waals surface area (Å²) < 4.78 is 72.1. The number of benzene rings is 3. The van der Waals surface area contributed by atoms with Crippen molar-refractivity contribution < 1.29 is 26.4 Å². The van der Waals surface area contributed by atoms with Crippen LogP contribution in [-0.2, 0) is 21.2 Å². The van der Waals surface area contributed by atoms with Crippen molar-refractivity contribution in [1.29, 1.82) is 0 Å². The highest BCUT2D eigenvalue weighted by Gasteiger charge is 2.33. The lowest BCUT2D eigenvalue weighted by molar-refractivity contribution is -0.130. The predicted octanol–water partition coefficient (Wildman–Crippen LogP) is 6.61. The average Bonchev–Trinajstić information content (AvgIpc) is 2.91. The highest BCUT2D eigenvalue weighted by molar-refractivity contribution is 7.99. The predicted molar refractivity (Wildman–Crippen MR) is 149 cm³/mol. The number of halogens is 4. The Bertz CT molecular complexity index is 1430. The number of hydrogen-bond donors (Lipinski definition) is 0. The molecule has 0 N–H and O–H groups in total. The molecular formula is C28H28ClF3N2O3S2. The highest BCUT2D eigenvalue weighted by Crippen LogP contribution is 2.37. The minimum absolute atomic E-state index is 0.0232. The summed E-state index contributed by atoms with van der Waals surface area (Å²) in [5.74, 6) is -0.462. The number of thioether (sulfide) groups is 1. The zero-order valence-corrected chi connectivity index (χ0v) is 23.6. The van der Waals surface area contributed by atoms with Crippen molar-refractivity contribution in [3.05, 3.63) is 94.3 Å². The third-order valence-electron chi connectivity index (χ3n) is 6.62. The quantitative estimate of drug-likeness (QED) is 0.279. The van der Waals surface area contributed by atoms with E-state index >= 15 is 4.39 Å². The van der Waals surface area contributed by atoms with Crippen LogP contribution < -0.4 is 4.31 Å². The molecule has 4 rings (SSSR count). The van der Waals surface area contributed by atoms with E-state index in [1.54, 1.807) is 11.8 Å². The smallest absolute Gasteiger partial charge is 0.264 e. The van der Waals surface area contributed by atoms with Crippen molar-refractivity contribution in [1.82, 2.24) is 4.90 Å². The summed E-state index contributed by atoms with van der Waals surface area (Å²) in [4.78, 5) is 14.3. The maximum absolute atomic E-state index is 15.0. The van der Waals surface area contributed by atoms with Crippen LogP contribution in [0.5, 0.6) is 0 Å². The van der Waals surface area contributed by atoms with Crippen molar-refractivity contribution in [2.75, 3.05) is 28.9 Å². The van der Waals surface area contributed by atoms with Crippen molar-refractivity contribution in [2.24, 2.45) is 0 Å². The Kier molecular flexibility index (Phi) is 9.51. The molecule has 1 aliphatic heterocycles. The fraction of sp³-hybridized carbons (Fsp3) is 0.321. The summed E-state index contributed by atoms with van der Waals surface area (Å²) in [6.45, 7) is 2.93. The zero-order valence-electron chi connectivity index (χ0n) is 21.2. The van der Waals surface area contributed by atoms with Crippen LogP contribution in [0.25, 0.3) is 0 Å². The van der Waals surface area contributed by atoms with E-state index in [0.29, 0.717) is 42.1 Å². The van der Waals surface area contributed by atoms with E-state index in [2.05, 4.69) is 0 Å². The Morgan fingerprint density at radius 2 is 1.64 bits per heavy atom. The Balaban J connectivity index is 1.69. The van der Waals surface area contributed by atoms with E-state index in [-0.39, 0.29) is 17.2 Å². The number of amides is 1. The second-order valence-electron chi connectivity index (χ2n) is 9.22. The molecule has 0 aliphatic carbocycles. The molecule has 0 bridgehead atoms. The molecule has 11 heteroatoms. The number of anilines is 1. The molecule has 0 unspecified atom stereocenters. The average molecular weight is 597 g/mol. The van der Waals surface area contributed by atoms with Crippen molar-refractivity contribution >= 4 is 45.0 Å². The van der Waals surface area contributed by atoms with Gasteiger partial charge in [0.25, 0.3) is 10.0 Å². The van der Waals surface area contributed by atoms with Crippen LogP contribution in [0.15, 0.2) is 65.6 Å². The van der Waals surface area contributed by atoms with E-state index in [0.717, 1.165) is 34.0 Å². The lowest BCUT2D eigenvalue weighted by Gasteiger charge is -2.32. The van der Waals surface area contributed by atoms with Crippen LogP contribution in [-0.4, -0.2) is 43.8 Å². The molecule has 3 aromatic carbocycles. The Hall–Kier alpha value is -2.69. The largest absolute Gasteiger partial charge is 0.341 e. The molecule has 1 aliphatic rings. The van der Waals surface area contributed by atoms with Crippen molar-refractivity contribution in [2.45, 2.75) is 37.1 Å². The summed E-state index contributed by atoms with van der Waals surface area (Å²) in [6.07, 6.45) is 0.983. The van der Waals surface area contributed by atoms with E-state index in [1.165, 1.54) is 49.4 Å². The highest BCUT2D eigenvalue weighted by atomic mass is 35.5. The summed E-state index contributed by atoms with van der Waals surface area (Å²) in [5, 5.41) is 0.309. The Morgan fingerprint density at radius 3 is 2.33 bits per heavy atom. The van der Waals surface area contributed by atoms with E-state index < -0.39 is 39.2 Å². The number of nitrogens with zero attached hydrogens (tertiary/aromatic N) is 2. The van der Waals surface area contributed by atoms with Crippen molar-refractivity contribution in [3.63, 3.8) is 0 Å². The molecule has 0 aromatic heterocycles. The summed E-state index contributed by atoms with van der Waals surface area (Å²) in [6, 6.07) is 10.8. The number of rotatable bonds is 9. The number of hydrogen-bond acceptors (Lipinski definition) is 4. The summed E-state index contributed by atoms with van der Waals surface area (Å²) in [5.41, 5.74) is 0.419. The standard InChI is InChI=1S/C28H28ClF3N2O3S2/c1-19(25-11-7-22(30)17-20(25)3-2-4-28(35)33-13-15-38-16-14-33)34(27-18-23(31)8-12-26(27)32)39(36,37)24-9-5-21(29)6-10-24/h5-12,17-19H,2-4,13-16H2,1H3/t19-/m1/s1. The molecule has 3 aromatic rings.